The van der Waals surface area contributed by atoms with Crippen molar-refractivity contribution in [2.45, 2.75) is 19.3 Å². The summed E-state index contributed by atoms with van der Waals surface area (Å²) in [5.41, 5.74) is 0. The zero-order chi connectivity index (χ0) is 9.97. The van der Waals surface area contributed by atoms with Crippen LogP contribution in [0.4, 0.5) is 0 Å². The van der Waals surface area contributed by atoms with Crippen molar-refractivity contribution in [2.24, 2.45) is 5.92 Å². The molecule has 2 rings (SSSR count). The lowest BCUT2D eigenvalue weighted by atomic mass is 10.3. The van der Waals surface area contributed by atoms with E-state index in [0.717, 1.165) is 30.3 Å². The molecular weight excluding hydrogens is 262 g/mol. The summed E-state index contributed by atoms with van der Waals surface area (Å²) in [4.78, 5) is 12.6. The van der Waals surface area contributed by atoms with Gasteiger partial charge in [-0.1, -0.05) is 0 Å². The second-order valence-corrected chi connectivity index (χ2v) is 5.46. The van der Waals surface area contributed by atoms with Crippen molar-refractivity contribution in [3.63, 3.8) is 0 Å². The molecule has 4 heteroatoms. The number of rotatable bonds is 4. The first kappa shape index (κ1) is 10.2. The SMILES string of the molecule is O=C(NCCc1cc(Br)cs1)C1CC1. The minimum atomic E-state index is 0.237. The Labute approximate surface area is 95.8 Å². The fraction of sp³-hybridized carbons (Fsp3) is 0.500. The highest BCUT2D eigenvalue weighted by atomic mass is 79.9. The maximum atomic E-state index is 11.3. The molecule has 0 saturated heterocycles. The van der Waals surface area contributed by atoms with E-state index in [-0.39, 0.29) is 5.91 Å². The fourth-order valence-corrected chi connectivity index (χ4v) is 2.74. The quantitative estimate of drug-likeness (QED) is 0.898. The molecule has 0 aromatic carbocycles. The van der Waals surface area contributed by atoms with Crippen LogP contribution in [0, 0.1) is 5.92 Å². The lowest BCUT2D eigenvalue weighted by Crippen LogP contribution is -2.26. The van der Waals surface area contributed by atoms with Gasteiger partial charge in [-0.15, -0.1) is 11.3 Å². The van der Waals surface area contributed by atoms with Crippen molar-refractivity contribution in [1.29, 1.82) is 0 Å². The van der Waals surface area contributed by atoms with Crippen LogP contribution in [0.2, 0.25) is 0 Å². The molecule has 1 fully saturated rings. The monoisotopic (exact) mass is 273 g/mol. The summed E-state index contributed by atoms with van der Waals surface area (Å²) >= 11 is 5.14. The van der Waals surface area contributed by atoms with Gasteiger partial charge in [-0.3, -0.25) is 4.79 Å². The lowest BCUT2D eigenvalue weighted by Gasteiger charge is -2.01. The number of hydrogen-bond acceptors (Lipinski definition) is 2. The van der Waals surface area contributed by atoms with Crippen molar-refractivity contribution < 1.29 is 4.79 Å². The highest BCUT2D eigenvalue weighted by Gasteiger charge is 2.28. The van der Waals surface area contributed by atoms with Crippen molar-refractivity contribution in [3.8, 4) is 0 Å². The van der Waals surface area contributed by atoms with Crippen LogP contribution in [0.3, 0.4) is 0 Å². The zero-order valence-corrected chi connectivity index (χ0v) is 10.2. The van der Waals surface area contributed by atoms with Crippen LogP contribution < -0.4 is 5.32 Å². The summed E-state index contributed by atoms with van der Waals surface area (Å²) in [6.07, 6.45) is 3.10. The average Bonchev–Trinajstić information content (AvgIpc) is 2.92. The standard InChI is InChI=1S/C10H12BrNOS/c11-8-5-9(14-6-8)3-4-12-10(13)7-1-2-7/h5-7H,1-4H2,(H,12,13). The Morgan fingerprint density at radius 2 is 2.43 bits per heavy atom. The van der Waals surface area contributed by atoms with Crippen LogP contribution in [-0.2, 0) is 11.2 Å². The molecule has 0 aliphatic heterocycles. The van der Waals surface area contributed by atoms with E-state index < -0.39 is 0 Å². The number of carbonyl (C=O) groups is 1. The van der Waals surface area contributed by atoms with Crippen molar-refractivity contribution in [2.75, 3.05) is 6.54 Å². The summed E-state index contributed by atoms with van der Waals surface area (Å²) in [6.45, 7) is 0.766. The Kier molecular flexibility index (Phi) is 3.23. The number of amides is 1. The van der Waals surface area contributed by atoms with Crippen LogP contribution in [0.15, 0.2) is 15.9 Å². The minimum absolute atomic E-state index is 0.237. The molecule has 1 saturated carbocycles. The molecule has 1 aromatic rings. The van der Waals surface area contributed by atoms with E-state index in [1.807, 2.05) is 0 Å². The Bertz CT molecular complexity index is 333. The molecule has 0 radical (unpaired) electrons. The van der Waals surface area contributed by atoms with Crippen LogP contribution in [0.5, 0.6) is 0 Å². The minimum Gasteiger partial charge on any atom is -0.356 e. The van der Waals surface area contributed by atoms with Crippen LogP contribution in [-0.4, -0.2) is 12.5 Å². The van der Waals surface area contributed by atoms with Crippen LogP contribution in [0.25, 0.3) is 0 Å². The molecule has 2 nitrogen and oxygen atoms in total. The van der Waals surface area contributed by atoms with Crippen molar-refractivity contribution in [3.05, 3.63) is 20.8 Å². The first-order valence-corrected chi connectivity index (χ1v) is 6.43. The number of thiophene rings is 1. The summed E-state index contributed by atoms with van der Waals surface area (Å²) in [6, 6.07) is 2.11. The third kappa shape index (κ3) is 2.82. The van der Waals surface area contributed by atoms with Gasteiger partial charge >= 0.3 is 0 Å². The number of nitrogens with one attached hydrogen (secondary N) is 1. The van der Waals surface area contributed by atoms with Gasteiger partial charge in [0.1, 0.15) is 0 Å². The number of halogens is 1. The van der Waals surface area contributed by atoms with Crippen molar-refractivity contribution in [1.82, 2.24) is 5.32 Å². The molecule has 1 amide bonds. The smallest absolute Gasteiger partial charge is 0.223 e. The van der Waals surface area contributed by atoms with Gasteiger partial charge in [0.05, 0.1) is 0 Å². The fourth-order valence-electron chi connectivity index (χ4n) is 1.28. The molecule has 1 N–H and O–H groups in total. The second kappa shape index (κ2) is 4.45. The molecule has 0 unspecified atom stereocenters. The Morgan fingerprint density at radius 3 is 3.00 bits per heavy atom. The van der Waals surface area contributed by atoms with Gasteiger partial charge in [0.15, 0.2) is 0 Å². The Hall–Kier alpha value is -0.350. The summed E-state index contributed by atoms with van der Waals surface area (Å²) in [7, 11) is 0. The van der Waals surface area contributed by atoms with E-state index in [1.165, 1.54) is 4.88 Å². The first-order chi connectivity index (χ1) is 6.75. The van der Waals surface area contributed by atoms with Gasteiger partial charge in [-0.05, 0) is 41.3 Å². The summed E-state index contributed by atoms with van der Waals surface area (Å²) in [5.74, 6) is 0.561. The van der Waals surface area contributed by atoms with Crippen molar-refractivity contribution >= 4 is 33.2 Å². The summed E-state index contributed by atoms with van der Waals surface area (Å²) in [5, 5.41) is 5.02. The van der Waals surface area contributed by atoms with E-state index in [1.54, 1.807) is 11.3 Å². The van der Waals surface area contributed by atoms with Gasteiger partial charge in [0, 0.05) is 27.2 Å². The molecule has 0 bridgehead atoms. The third-order valence-electron chi connectivity index (χ3n) is 2.24. The Balaban J connectivity index is 1.69. The van der Waals surface area contributed by atoms with Gasteiger partial charge < -0.3 is 5.32 Å². The van der Waals surface area contributed by atoms with Crippen LogP contribution in [0.1, 0.15) is 17.7 Å². The van der Waals surface area contributed by atoms with Crippen LogP contribution >= 0.6 is 27.3 Å². The van der Waals surface area contributed by atoms with Gasteiger partial charge in [-0.25, -0.2) is 0 Å². The molecule has 1 aromatic heterocycles. The van der Waals surface area contributed by atoms with E-state index >= 15 is 0 Å². The maximum absolute atomic E-state index is 11.3. The van der Waals surface area contributed by atoms with Gasteiger partial charge in [0.25, 0.3) is 0 Å². The molecule has 76 valence electrons. The molecule has 0 atom stereocenters. The number of carbonyl (C=O) groups excluding carboxylic acids is 1. The predicted octanol–water partition coefficient (Wildman–Crippen LogP) is 2.58. The van der Waals surface area contributed by atoms with E-state index in [9.17, 15) is 4.79 Å². The van der Waals surface area contributed by atoms with E-state index in [0.29, 0.717) is 5.92 Å². The Morgan fingerprint density at radius 1 is 1.64 bits per heavy atom. The van der Waals surface area contributed by atoms with Gasteiger partial charge in [0.2, 0.25) is 5.91 Å². The lowest BCUT2D eigenvalue weighted by molar-refractivity contribution is -0.122. The average molecular weight is 274 g/mol. The summed E-state index contributed by atoms with van der Waals surface area (Å²) < 4.78 is 1.13. The third-order valence-corrected chi connectivity index (χ3v) is 4.00. The highest BCUT2D eigenvalue weighted by Crippen LogP contribution is 2.28. The molecule has 14 heavy (non-hydrogen) atoms. The normalized spacial score (nSPS) is 15.5. The highest BCUT2D eigenvalue weighted by molar-refractivity contribution is 9.10. The zero-order valence-electron chi connectivity index (χ0n) is 7.75. The second-order valence-electron chi connectivity index (χ2n) is 3.55. The molecule has 1 aliphatic carbocycles. The first-order valence-electron chi connectivity index (χ1n) is 4.76. The predicted molar refractivity (Wildman–Crippen MR) is 61.5 cm³/mol. The van der Waals surface area contributed by atoms with E-state index in [4.69, 9.17) is 0 Å². The number of hydrogen-bond donors (Lipinski definition) is 1. The van der Waals surface area contributed by atoms with E-state index in [2.05, 4.69) is 32.7 Å². The topological polar surface area (TPSA) is 29.1 Å². The molecule has 1 heterocycles. The van der Waals surface area contributed by atoms with Gasteiger partial charge in [-0.2, -0.15) is 0 Å². The molecule has 1 aliphatic rings. The maximum Gasteiger partial charge on any atom is 0.223 e. The largest absolute Gasteiger partial charge is 0.356 e. The molecule has 0 spiro atoms. The molecular formula is C10H12BrNOS.